The Kier molecular flexibility index (Phi) is 5.28. The highest BCUT2D eigenvalue weighted by molar-refractivity contribution is 5.78. The van der Waals surface area contributed by atoms with Gasteiger partial charge in [0.2, 0.25) is 5.91 Å². The first-order valence-corrected chi connectivity index (χ1v) is 9.53. The standard InChI is InChI=1S/C22H24N4O/c27-22(15-18-6-10-23-11-7-18)26-12-8-19(9-13-26)21-16-20(24-25-21)14-17-4-2-1-3-5-17/h1-7,10-11,16,19H,8-9,12-15H2,(H,24,25). The third-order valence-electron chi connectivity index (χ3n) is 5.26. The topological polar surface area (TPSA) is 61.9 Å². The minimum Gasteiger partial charge on any atom is -0.342 e. The monoisotopic (exact) mass is 360 g/mol. The van der Waals surface area contributed by atoms with Crippen molar-refractivity contribution in [2.45, 2.75) is 31.6 Å². The number of rotatable bonds is 5. The molecule has 1 aromatic carbocycles. The average Bonchev–Trinajstić information content (AvgIpc) is 3.18. The van der Waals surface area contributed by atoms with E-state index < -0.39 is 0 Å². The van der Waals surface area contributed by atoms with Crippen molar-refractivity contribution >= 4 is 5.91 Å². The third-order valence-corrected chi connectivity index (χ3v) is 5.26. The summed E-state index contributed by atoms with van der Waals surface area (Å²) in [7, 11) is 0. The van der Waals surface area contributed by atoms with Crippen LogP contribution in [0.2, 0.25) is 0 Å². The van der Waals surface area contributed by atoms with Crippen LogP contribution in [0, 0.1) is 0 Å². The number of hydrogen-bond donors (Lipinski definition) is 1. The van der Waals surface area contributed by atoms with Crippen molar-refractivity contribution < 1.29 is 4.79 Å². The Morgan fingerprint density at radius 2 is 1.78 bits per heavy atom. The molecule has 0 radical (unpaired) electrons. The molecule has 0 unspecified atom stereocenters. The average molecular weight is 360 g/mol. The van der Waals surface area contributed by atoms with Gasteiger partial charge in [-0.25, -0.2) is 0 Å². The molecule has 5 nitrogen and oxygen atoms in total. The summed E-state index contributed by atoms with van der Waals surface area (Å²) >= 11 is 0. The second-order valence-corrected chi connectivity index (χ2v) is 7.17. The van der Waals surface area contributed by atoms with Crippen LogP contribution in [-0.2, 0) is 17.6 Å². The minimum absolute atomic E-state index is 0.200. The molecule has 3 heterocycles. The Bertz CT molecular complexity index is 868. The fraction of sp³-hybridized carbons (Fsp3) is 0.318. The van der Waals surface area contributed by atoms with Crippen LogP contribution in [0.25, 0.3) is 0 Å². The lowest BCUT2D eigenvalue weighted by Gasteiger charge is -2.31. The molecule has 27 heavy (non-hydrogen) atoms. The molecule has 5 heteroatoms. The van der Waals surface area contributed by atoms with Crippen LogP contribution in [-0.4, -0.2) is 39.1 Å². The minimum atomic E-state index is 0.200. The molecule has 0 spiro atoms. The van der Waals surface area contributed by atoms with Crippen LogP contribution < -0.4 is 0 Å². The van der Waals surface area contributed by atoms with E-state index in [1.54, 1.807) is 12.4 Å². The molecule has 1 fully saturated rings. The summed E-state index contributed by atoms with van der Waals surface area (Å²) in [6, 6.07) is 16.4. The van der Waals surface area contributed by atoms with Gasteiger partial charge in [-0.15, -0.1) is 0 Å². The van der Waals surface area contributed by atoms with E-state index in [1.807, 2.05) is 23.1 Å². The molecule has 3 aromatic rings. The van der Waals surface area contributed by atoms with Crippen LogP contribution in [0.1, 0.15) is 41.3 Å². The summed E-state index contributed by atoms with van der Waals surface area (Å²) in [4.78, 5) is 18.5. The van der Waals surface area contributed by atoms with Gasteiger partial charge in [0.25, 0.3) is 0 Å². The molecule has 0 atom stereocenters. The summed E-state index contributed by atoms with van der Waals surface area (Å²) in [5.41, 5.74) is 4.58. The van der Waals surface area contributed by atoms with Gasteiger partial charge >= 0.3 is 0 Å². The predicted octanol–water partition coefficient (Wildman–Crippen LogP) is 3.34. The van der Waals surface area contributed by atoms with Crippen molar-refractivity contribution in [3.8, 4) is 0 Å². The number of carbonyl (C=O) groups excluding carboxylic acids is 1. The first kappa shape index (κ1) is 17.5. The second-order valence-electron chi connectivity index (χ2n) is 7.17. The SMILES string of the molecule is O=C(Cc1ccncc1)N1CCC(c2cc(Cc3ccccc3)[nH]n2)CC1. The number of piperidine rings is 1. The molecule has 0 saturated carbocycles. The fourth-order valence-electron chi connectivity index (χ4n) is 3.71. The van der Waals surface area contributed by atoms with Crippen molar-refractivity contribution in [1.29, 1.82) is 0 Å². The highest BCUT2D eigenvalue weighted by atomic mass is 16.2. The van der Waals surface area contributed by atoms with E-state index in [4.69, 9.17) is 0 Å². The molecule has 2 aromatic heterocycles. The molecule has 1 saturated heterocycles. The van der Waals surface area contributed by atoms with E-state index in [0.29, 0.717) is 12.3 Å². The van der Waals surface area contributed by atoms with Crippen LogP contribution in [0.5, 0.6) is 0 Å². The van der Waals surface area contributed by atoms with Crippen molar-refractivity contribution in [1.82, 2.24) is 20.1 Å². The Labute approximate surface area is 159 Å². The maximum absolute atomic E-state index is 12.5. The summed E-state index contributed by atoms with van der Waals surface area (Å²) < 4.78 is 0. The van der Waals surface area contributed by atoms with E-state index >= 15 is 0 Å². The number of hydrogen-bond acceptors (Lipinski definition) is 3. The number of likely N-dealkylation sites (tertiary alicyclic amines) is 1. The van der Waals surface area contributed by atoms with Gasteiger partial charge in [-0.1, -0.05) is 30.3 Å². The molecule has 1 aliphatic heterocycles. The Morgan fingerprint density at radius 3 is 2.52 bits per heavy atom. The molecular formula is C22H24N4O. The summed E-state index contributed by atoms with van der Waals surface area (Å²) in [5.74, 6) is 0.627. The lowest BCUT2D eigenvalue weighted by Crippen LogP contribution is -2.38. The molecule has 138 valence electrons. The Balaban J connectivity index is 1.31. The van der Waals surface area contributed by atoms with Gasteiger partial charge < -0.3 is 4.90 Å². The zero-order valence-electron chi connectivity index (χ0n) is 15.3. The number of amides is 1. The van der Waals surface area contributed by atoms with Crippen LogP contribution in [0.3, 0.4) is 0 Å². The van der Waals surface area contributed by atoms with Gasteiger partial charge in [0.05, 0.1) is 12.1 Å². The molecule has 0 bridgehead atoms. The van der Waals surface area contributed by atoms with Gasteiger partial charge in [0.1, 0.15) is 0 Å². The fourth-order valence-corrected chi connectivity index (χ4v) is 3.71. The number of carbonyl (C=O) groups is 1. The van der Waals surface area contributed by atoms with Crippen molar-refractivity contribution in [3.05, 3.63) is 83.4 Å². The highest BCUT2D eigenvalue weighted by Gasteiger charge is 2.25. The van der Waals surface area contributed by atoms with E-state index in [0.717, 1.165) is 49.3 Å². The predicted molar refractivity (Wildman–Crippen MR) is 104 cm³/mol. The Hall–Kier alpha value is -2.95. The maximum Gasteiger partial charge on any atom is 0.226 e. The summed E-state index contributed by atoms with van der Waals surface area (Å²) in [6.45, 7) is 1.60. The lowest BCUT2D eigenvalue weighted by molar-refractivity contribution is -0.131. The highest BCUT2D eigenvalue weighted by Crippen LogP contribution is 2.27. The van der Waals surface area contributed by atoms with Crippen LogP contribution in [0.15, 0.2) is 60.9 Å². The smallest absolute Gasteiger partial charge is 0.226 e. The number of benzene rings is 1. The van der Waals surface area contributed by atoms with Crippen molar-refractivity contribution in [2.75, 3.05) is 13.1 Å². The zero-order valence-corrected chi connectivity index (χ0v) is 15.3. The second kappa shape index (κ2) is 8.16. The number of pyridine rings is 1. The summed E-state index contributed by atoms with van der Waals surface area (Å²) in [6.07, 6.45) is 6.74. The maximum atomic E-state index is 12.5. The molecule has 1 N–H and O–H groups in total. The van der Waals surface area contributed by atoms with Crippen LogP contribution in [0.4, 0.5) is 0 Å². The quantitative estimate of drug-likeness (QED) is 0.759. The largest absolute Gasteiger partial charge is 0.342 e. The number of nitrogens with one attached hydrogen (secondary N) is 1. The molecule has 4 rings (SSSR count). The number of aromatic amines is 1. The molecular weight excluding hydrogens is 336 g/mol. The first-order valence-electron chi connectivity index (χ1n) is 9.53. The number of H-pyrrole nitrogens is 1. The van der Waals surface area contributed by atoms with Crippen molar-refractivity contribution in [2.24, 2.45) is 0 Å². The molecule has 0 aliphatic carbocycles. The van der Waals surface area contributed by atoms with E-state index in [2.05, 4.69) is 45.5 Å². The van der Waals surface area contributed by atoms with E-state index in [9.17, 15) is 4.79 Å². The summed E-state index contributed by atoms with van der Waals surface area (Å²) in [5, 5.41) is 7.72. The zero-order chi connectivity index (χ0) is 18.5. The normalized spacial score (nSPS) is 15.0. The van der Waals surface area contributed by atoms with E-state index in [-0.39, 0.29) is 5.91 Å². The first-order chi connectivity index (χ1) is 13.3. The van der Waals surface area contributed by atoms with Crippen LogP contribution >= 0.6 is 0 Å². The number of aromatic nitrogens is 3. The van der Waals surface area contributed by atoms with E-state index in [1.165, 1.54) is 5.56 Å². The van der Waals surface area contributed by atoms with Gasteiger partial charge in [0.15, 0.2) is 0 Å². The Morgan fingerprint density at radius 1 is 1.04 bits per heavy atom. The van der Waals surface area contributed by atoms with Gasteiger partial charge in [-0.05, 0) is 42.2 Å². The number of nitrogens with zero attached hydrogens (tertiary/aromatic N) is 3. The lowest BCUT2D eigenvalue weighted by atomic mass is 9.93. The van der Waals surface area contributed by atoms with Gasteiger partial charge in [-0.2, -0.15) is 5.10 Å². The van der Waals surface area contributed by atoms with Crippen molar-refractivity contribution in [3.63, 3.8) is 0 Å². The molecule has 1 amide bonds. The third kappa shape index (κ3) is 4.42. The van der Waals surface area contributed by atoms with Gasteiger partial charge in [0, 0.05) is 43.5 Å². The van der Waals surface area contributed by atoms with Gasteiger partial charge in [-0.3, -0.25) is 14.9 Å². The molecule has 1 aliphatic rings.